The van der Waals surface area contributed by atoms with E-state index in [-0.39, 0.29) is 18.3 Å². The van der Waals surface area contributed by atoms with Crippen molar-refractivity contribution in [3.05, 3.63) is 42.5 Å². The largest absolute Gasteiger partial charge is 0.490 e. The maximum absolute atomic E-state index is 11.2. The highest BCUT2D eigenvalue weighted by Gasteiger charge is 2.41. The summed E-state index contributed by atoms with van der Waals surface area (Å²) >= 11 is 0. The summed E-state index contributed by atoms with van der Waals surface area (Å²) in [6.45, 7) is 5.45. The van der Waals surface area contributed by atoms with Crippen LogP contribution < -0.4 is 4.74 Å². The molecule has 0 aliphatic heterocycles. The molecule has 0 spiro atoms. The summed E-state index contributed by atoms with van der Waals surface area (Å²) in [5.74, 6) is 1.10. The Morgan fingerprint density at radius 2 is 2.00 bits per heavy atom. The Kier molecular flexibility index (Phi) is 4.56. The summed E-state index contributed by atoms with van der Waals surface area (Å²) in [7, 11) is 0. The lowest BCUT2D eigenvalue weighted by molar-refractivity contribution is -0.138. The molecule has 4 nitrogen and oxygen atoms in total. The van der Waals surface area contributed by atoms with Crippen molar-refractivity contribution in [3.8, 4) is 5.75 Å². The fraction of sp³-hybridized carbons (Fsp3) is 0.375. The van der Waals surface area contributed by atoms with Crippen molar-refractivity contribution in [1.29, 1.82) is 0 Å². The summed E-state index contributed by atoms with van der Waals surface area (Å²) in [5, 5.41) is 0. The molecule has 0 saturated heterocycles. The quantitative estimate of drug-likeness (QED) is 0.435. The second-order valence-electron chi connectivity index (χ2n) is 4.85. The molecule has 20 heavy (non-hydrogen) atoms. The third-order valence-corrected chi connectivity index (χ3v) is 3.38. The van der Waals surface area contributed by atoms with Gasteiger partial charge in [0.2, 0.25) is 0 Å². The van der Waals surface area contributed by atoms with Gasteiger partial charge in [0.15, 0.2) is 0 Å². The first kappa shape index (κ1) is 14.3. The number of esters is 1. The van der Waals surface area contributed by atoms with Crippen LogP contribution >= 0.6 is 0 Å². The summed E-state index contributed by atoms with van der Waals surface area (Å²) in [5.41, 5.74) is 1.18. The number of rotatable bonds is 7. The van der Waals surface area contributed by atoms with Gasteiger partial charge in [0.1, 0.15) is 24.7 Å². The van der Waals surface area contributed by atoms with Crippen LogP contribution in [0.5, 0.6) is 5.75 Å². The average Bonchev–Trinajstić information content (AvgIpc) is 3.24. The van der Waals surface area contributed by atoms with E-state index in [0.29, 0.717) is 12.5 Å². The van der Waals surface area contributed by atoms with E-state index in [0.717, 1.165) is 18.2 Å². The van der Waals surface area contributed by atoms with Gasteiger partial charge in [-0.15, -0.1) is 0 Å². The molecule has 106 valence electrons. The van der Waals surface area contributed by atoms with E-state index >= 15 is 0 Å². The van der Waals surface area contributed by atoms with Crippen LogP contribution in [0.1, 0.15) is 24.8 Å². The van der Waals surface area contributed by atoms with Crippen LogP contribution in [0.25, 0.3) is 0 Å². The number of ketones is 1. The minimum absolute atomic E-state index is 0.195. The van der Waals surface area contributed by atoms with Gasteiger partial charge in [-0.25, -0.2) is 4.79 Å². The number of carbonyl (C=O) groups is 2. The lowest BCUT2D eigenvalue weighted by Gasteiger charge is -2.07. The fourth-order valence-electron chi connectivity index (χ4n) is 2.18. The van der Waals surface area contributed by atoms with Crippen LogP contribution in [0.4, 0.5) is 0 Å². The molecule has 0 bridgehead atoms. The number of Topliss-reactive ketones (excluding diaryl/α,β-unsaturated/α-hetero) is 1. The molecule has 2 rings (SSSR count). The molecule has 0 radical (unpaired) electrons. The third-order valence-electron chi connectivity index (χ3n) is 3.38. The SMILES string of the molecule is C=CC(=O)OCCOc1ccc(C2CC2C(C)=O)cc1. The Labute approximate surface area is 118 Å². The Bertz CT molecular complexity index is 504. The molecular weight excluding hydrogens is 256 g/mol. The summed E-state index contributed by atoms with van der Waals surface area (Å²) in [6.07, 6.45) is 2.07. The van der Waals surface area contributed by atoms with Crippen molar-refractivity contribution in [2.45, 2.75) is 19.3 Å². The summed E-state index contributed by atoms with van der Waals surface area (Å²) < 4.78 is 10.3. The number of hydrogen-bond donors (Lipinski definition) is 0. The van der Waals surface area contributed by atoms with Gasteiger partial charge >= 0.3 is 5.97 Å². The van der Waals surface area contributed by atoms with Crippen LogP contribution in [-0.2, 0) is 14.3 Å². The van der Waals surface area contributed by atoms with Gasteiger partial charge in [0.05, 0.1) is 0 Å². The van der Waals surface area contributed by atoms with E-state index in [2.05, 4.69) is 6.58 Å². The first-order valence-corrected chi connectivity index (χ1v) is 6.64. The molecule has 0 aromatic heterocycles. The second kappa shape index (κ2) is 6.37. The van der Waals surface area contributed by atoms with Gasteiger partial charge in [-0.3, -0.25) is 4.79 Å². The van der Waals surface area contributed by atoms with Crippen molar-refractivity contribution in [3.63, 3.8) is 0 Å². The second-order valence-corrected chi connectivity index (χ2v) is 4.85. The molecule has 1 aliphatic carbocycles. The Balaban J connectivity index is 1.76. The van der Waals surface area contributed by atoms with E-state index in [1.165, 1.54) is 5.56 Å². The zero-order valence-electron chi connectivity index (χ0n) is 11.5. The van der Waals surface area contributed by atoms with Gasteiger partial charge in [-0.05, 0) is 37.0 Å². The molecule has 1 fully saturated rings. The number of hydrogen-bond acceptors (Lipinski definition) is 4. The van der Waals surface area contributed by atoms with Crippen LogP contribution in [0.2, 0.25) is 0 Å². The Hall–Kier alpha value is -2.10. The summed E-state index contributed by atoms with van der Waals surface area (Å²) in [6, 6.07) is 7.72. The molecule has 0 amide bonds. The molecule has 0 heterocycles. The highest BCUT2D eigenvalue weighted by atomic mass is 16.6. The molecule has 1 aromatic carbocycles. The van der Waals surface area contributed by atoms with E-state index in [9.17, 15) is 9.59 Å². The topological polar surface area (TPSA) is 52.6 Å². The van der Waals surface area contributed by atoms with Crippen molar-refractivity contribution in [2.24, 2.45) is 5.92 Å². The smallest absolute Gasteiger partial charge is 0.330 e. The maximum Gasteiger partial charge on any atom is 0.330 e. The van der Waals surface area contributed by atoms with Crippen molar-refractivity contribution in [1.82, 2.24) is 0 Å². The highest BCUT2D eigenvalue weighted by molar-refractivity contribution is 5.82. The lowest BCUT2D eigenvalue weighted by atomic mass is 10.1. The monoisotopic (exact) mass is 274 g/mol. The highest BCUT2D eigenvalue weighted by Crippen LogP contribution is 2.48. The van der Waals surface area contributed by atoms with Gasteiger partial charge in [0, 0.05) is 12.0 Å². The molecule has 2 unspecified atom stereocenters. The zero-order valence-corrected chi connectivity index (χ0v) is 11.5. The minimum Gasteiger partial charge on any atom is -0.490 e. The number of ether oxygens (including phenoxy) is 2. The van der Waals surface area contributed by atoms with E-state index in [4.69, 9.17) is 9.47 Å². The van der Waals surface area contributed by atoms with E-state index in [1.807, 2.05) is 24.3 Å². The molecular formula is C16H18O4. The minimum atomic E-state index is -0.451. The summed E-state index contributed by atoms with van der Waals surface area (Å²) in [4.78, 5) is 22.0. The van der Waals surface area contributed by atoms with E-state index < -0.39 is 5.97 Å². The number of carbonyl (C=O) groups excluding carboxylic acids is 2. The first-order chi connectivity index (χ1) is 9.61. The van der Waals surface area contributed by atoms with Crippen LogP contribution in [0.3, 0.4) is 0 Å². The molecule has 0 N–H and O–H groups in total. The molecule has 1 saturated carbocycles. The normalized spacial score (nSPS) is 20.1. The van der Waals surface area contributed by atoms with Crippen molar-refractivity contribution >= 4 is 11.8 Å². The number of benzene rings is 1. The van der Waals surface area contributed by atoms with Crippen LogP contribution in [0, 0.1) is 5.92 Å². The lowest BCUT2D eigenvalue weighted by Crippen LogP contribution is -2.10. The van der Waals surface area contributed by atoms with Crippen molar-refractivity contribution in [2.75, 3.05) is 13.2 Å². The third kappa shape index (κ3) is 3.70. The van der Waals surface area contributed by atoms with Gasteiger partial charge < -0.3 is 9.47 Å². The van der Waals surface area contributed by atoms with Gasteiger partial charge in [-0.1, -0.05) is 18.7 Å². The van der Waals surface area contributed by atoms with Crippen LogP contribution in [-0.4, -0.2) is 25.0 Å². The Morgan fingerprint density at radius 3 is 2.55 bits per heavy atom. The Morgan fingerprint density at radius 1 is 1.30 bits per heavy atom. The fourth-order valence-corrected chi connectivity index (χ4v) is 2.18. The maximum atomic E-state index is 11.2. The predicted octanol–water partition coefficient (Wildman–Crippen LogP) is 2.49. The van der Waals surface area contributed by atoms with Crippen molar-refractivity contribution < 1.29 is 19.1 Å². The zero-order chi connectivity index (χ0) is 14.5. The van der Waals surface area contributed by atoms with Gasteiger partial charge in [-0.2, -0.15) is 0 Å². The van der Waals surface area contributed by atoms with E-state index in [1.54, 1.807) is 6.92 Å². The molecule has 1 aliphatic rings. The first-order valence-electron chi connectivity index (χ1n) is 6.64. The standard InChI is InChI=1S/C16H18O4/c1-3-16(18)20-9-8-19-13-6-4-12(5-7-13)15-10-14(15)11(2)17/h3-7,14-15H,1,8-10H2,2H3. The van der Waals surface area contributed by atoms with Crippen LogP contribution in [0.15, 0.2) is 36.9 Å². The predicted molar refractivity (Wildman–Crippen MR) is 74.6 cm³/mol. The average molecular weight is 274 g/mol. The molecule has 2 atom stereocenters. The van der Waals surface area contributed by atoms with Gasteiger partial charge in [0.25, 0.3) is 0 Å². The molecule has 4 heteroatoms. The molecule has 1 aromatic rings.